The Labute approximate surface area is 217 Å². The summed E-state index contributed by atoms with van der Waals surface area (Å²) in [4.78, 5) is 23.7. The van der Waals surface area contributed by atoms with E-state index in [4.69, 9.17) is 9.47 Å². The third-order valence-corrected chi connectivity index (χ3v) is 6.38. The average molecular weight is 526 g/mol. The van der Waals surface area contributed by atoms with Crippen LogP contribution in [0.25, 0.3) is 11.1 Å². The van der Waals surface area contributed by atoms with Gasteiger partial charge in [0.05, 0.1) is 23.3 Å². The molecule has 0 heterocycles. The summed E-state index contributed by atoms with van der Waals surface area (Å²) >= 11 is 0. The van der Waals surface area contributed by atoms with Gasteiger partial charge in [0.25, 0.3) is 10.0 Å². The maximum absolute atomic E-state index is 13.1. The fourth-order valence-electron chi connectivity index (χ4n) is 3.38. The molecule has 3 aromatic carbocycles. The quantitative estimate of drug-likeness (QED) is 0.269. The molecule has 0 unspecified atom stereocenters. The largest absolute Gasteiger partial charge is 0.465 e. The number of amides is 1. The van der Waals surface area contributed by atoms with Crippen molar-refractivity contribution in [2.24, 2.45) is 0 Å². The van der Waals surface area contributed by atoms with E-state index < -0.39 is 27.7 Å². The monoisotopic (exact) mass is 525 g/mol. The number of hydrogen-bond donors (Lipinski definition) is 3. The Kier molecular flexibility index (Phi) is 8.77. The average Bonchev–Trinajstić information content (AvgIpc) is 2.85. The van der Waals surface area contributed by atoms with Crippen LogP contribution in [0.1, 0.15) is 31.1 Å². The van der Waals surface area contributed by atoms with Gasteiger partial charge in [0.2, 0.25) is 0 Å². The lowest BCUT2D eigenvalue weighted by atomic mass is 10.0. The van der Waals surface area contributed by atoms with Gasteiger partial charge in [-0.15, -0.1) is 0 Å². The first kappa shape index (κ1) is 27.5. The second-order valence-corrected chi connectivity index (χ2v) is 10.8. The molecular formula is C27H31N3O6S. The van der Waals surface area contributed by atoms with Crippen LogP contribution in [0.3, 0.4) is 0 Å². The number of rotatable bonds is 9. The predicted molar refractivity (Wildman–Crippen MR) is 143 cm³/mol. The highest BCUT2D eigenvalue weighted by Crippen LogP contribution is 2.25. The molecule has 196 valence electrons. The molecule has 0 aromatic heterocycles. The van der Waals surface area contributed by atoms with E-state index in [1.807, 2.05) is 0 Å². The van der Waals surface area contributed by atoms with Gasteiger partial charge in [-0.25, -0.2) is 18.0 Å². The second-order valence-electron chi connectivity index (χ2n) is 9.14. The van der Waals surface area contributed by atoms with E-state index >= 15 is 0 Å². The summed E-state index contributed by atoms with van der Waals surface area (Å²) in [6, 6.07) is 20.1. The minimum atomic E-state index is -3.89. The molecule has 9 nitrogen and oxygen atoms in total. The van der Waals surface area contributed by atoms with Crippen LogP contribution in [0.2, 0.25) is 0 Å². The molecule has 1 amide bonds. The van der Waals surface area contributed by atoms with Crippen molar-refractivity contribution in [3.8, 4) is 11.1 Å². The van der Waals surface area contributed by atoms with Gasteiger partial charge in [0.1, 0.15) is 5.60 Å². The van der Waals surface area contributed by atoms with Gasteiger partial charge < -0.3 is 20.1 Å². The lowest BCUT2D eigenvalue weighted by Gasteiger charge is -2.19. The molecular weight excluding hydrogens is 494 g/mol. The topological polar surface area (TPSA) is 123 Å². The van der Waals surface area contributed by atoms with Crippen molar-refractivity contribution in [2.75, 3.05) is 30.2 Å². The van der Waals surface area contributed by atoms with Crippen LogP contribution < -0.4 is 15.4 Å². The highest BCUT2D eigenvalue weighted by atomic mass is 32.2. The fourth-order valence-corrected chi connectivity index (χ4v) is 4.47. The Morgan fingerprint density at radius 1 is 0.838 bits per heavy atom. The van der Waals surface area contributed by atoms with Crippen molar-refractivity contribution in [2.45, 2.75) is 31.3 Å². The van der Waals surface area contributed by atoms with Crippen LogP contribution in [0, 0.1) is 0 Å². The molecule has 0 bridgehead atoms. The molecule has 0 atom stereocenters. The minimum Gasteiger partial charge on any atom is -0.465 e. The van der Waals surface area contributed by atoms with Crippen LogP contribution in [-0.4, -0.2) is 46.3 Å². The molecule has 0 aliphatic carbocycles. The summed E-state index contributed by atoms with van der Waals surface area (Å²) in [5.74, 6) is -0.471. The lowest BCUT2D eigenvalue weighted by molar-refractivity contribution is 0.0528. The van der Waals surface area contributed by atoms with Gasteiger partial charge in [-0.3, -0.25) is 4.72 Å². The summed E-state index contributed by atoms with van der Waals surface area (Å²) in [6.45, 7) is 6.11. The number of alkyl carbamates (subject to hydrolysis) is 1. The number of sulfonamides is 1. The number of anilines is 2. The normalized spacial score (nSPS) is 11.4. The summed E-state index contributed by atoms with van der Waals surface area (Å²) in [6.07, 6.45) is -0.505. The van der Waals surface area contributed by atoms with E-state index in [1.54, 1.807) is 87.5 Å². The first-order chi connectivity index (χ1) is 17.5. The highest BCUT2D eigenvalue weighted by molar-refractivity contribution is 7.92. The zero-order valence-electron chi connectivity index (χ0n) is 21.2. The second kappa shape index (κ2) is 11.8. The molecule has 0 radical (unpaired) electrons. The molecule has 3 aromatic rings. The third-order valence-electron chi connectivity index (χ3n) is 5.00. The number of hydrogen-bond acceptors (Lipinski definition) is 7. The molecule has 37 heavy (non-hydrogen) atoms. The van der Waals surface area contributed by atoms with Crippen molar-refractivity contribution in [1.82, 2.24) is 5.32 Å². The summed E-state index contributed by atoms with van der Waals surface area (Å²) in [7, 11) is -2.58. The number of methoxy groups -OCH3 is 1. The number of carbonyl (C=O) groups is 2. The highest BCUT2D eigenvalue weighted by Gasteiger charge is 2.17. The van der Waals surface area contributed by atoms with Crippen molar-refractivity contribution in [3.05, 3.63) is 78.4 Å². The van der Waals surface area contributed by atoms with Crippen LogP contribution in [-0.2, 0) is 19.5 Å². The molecule has 0 saturated heterocycles. The van der Waals surface area contributed by atoms with E-state index in [2.05, 4.69) is 15.4 Å². The molecule has 0 saturated carbocycles. The zero-order chi connectivity index (χ0) is 27.1. The Morgan fingerprint density at radius 3 is 2.19 bits per heavy atom. The predicted octanol–water partition coefficient (Wildman–Crippen LogP) is 4.88. The first-order valence-corrected chi connectivity index (χ1v) is 13.1. The Balaban J connectivity index is 1.66. The Bertz CT molecular complexity index is 1370. The lowest BCUT2D eigenvalue weighted by Crippen LogP contribution is -2.34. The zero-order valence-corrected chi connectivity index (χ0v) is 22.0. The van der Waals surface area contributed by atoms with E-state index in [0.717, 1.165) is 0 Å². The molecule has 0 aliphatic rings. The maximum Gasteiger partial charge on any atom is 0.407 e. The molecule has 0 spiro atoms. The van der Waals surface area contributed by atoms with Crippen LogP contribution in [0.15, 0.2) is 77.7 Å². The van der Waals surface area contributed by atoms with Crippen LogP contribution in [0.5, 0.6) is 0 Å². The first-order valence-electron chi connectivity index (χ1n) is 11.6. The summed E-state index contributed by atoms with van der Waals surface area (Å²) in [5.41, 5.74) is 2.18. The van der Waals surface area contributed by atoms with Crippen molar-refractivity contribution in [3.63, 3.8) is 0 Å². The summed E-state index contributed by atoms with van der Waals surface area (Å²) < 4.78 is 38.8. The number of esters is 1. The van der Waals surface area contributed by atoms with Crippen LogP contribution in [0.4, 0.5) is 16.2 Å². The number of carbonyl (C=O) groups excluding carboxylic acids is 2. The van der Waals surface area contributed by atoms with E-state index in [0.29, 0.717) is 41.2 Å². The van der Waals surface area contributed by atoms with Gasteiger partial charge in [-0.05, 0) is 74.4 Å². The Hall–Kier alpha value is -4.05. The molecule has 3 rings (SSSR count). The van der Waals surface area contributed by atoms with E-state index in [1.165, 1.54) is 13.2 Å². The van der Waals surface area contributed by atoms with E-state index in [9.17, 15) is 18.0 Å². The van der Waals surface area contributed by atoms with E-state index in [-0.39, 0.29) is 4.90 Å². The van der Waals surface area contributed by atoms with Crippen LogP contribution >= 0.6 is 0 Å². The molecule has 3 N–H and O–H groups in total. The maximum atomic E-state index is 13.1. The summed E-state index contributed by atoms with van der Waals surface area (Å²) in [5, 5.41) is 5.79. The van der Waals surface area contributed by atoms with Gasteiger partial charge in [0, 0.05) is 18.8 Å². The Morgan fingerprint density at radius 2 is 1.49 bits per heavy atom. The van der Waals surface area contributed by atoms with Crippen molar-refractivity contribution in [1.29, 1.82) is 0 Å². The minimum absolute atomic E-state index is 0.0772. The molecule has 10 heteroatoms. The third kappa shape index (κ3) is 8.25. The smallest absolute Gasteiger partial charge is 0.407 e. The number of benzene rings is 3. The SMILES string of the molecule is COC(=O)c1cccc(-c2cccc(S(=O)(=O)Nc3cccc(NCCNC(=O)OC(C)(C)C)c3)c2)c1. The molecule has 0 fully saturated rings. The van der Waals surface area contributed by atoms with Gasteiger partial charge in [-0.1, -0.05) is 30.3 Å². The molecule has 0 aliphatic heterocycles. The standard InChI is InChI=1S/C27H31N3O6S/c1-27(2,3)36-26(32)29-15-14-28-22-11-7-12-23(18-22)30-37(33,34)24-13-6-9-20(17-24)19-8-5-10-21(16-19)25(31)35-4/h5-13,16-18,28,30H,14-15H2,1-4H3,(H,29,32). The fraction of sp³-hybridized carbons (Fsp3) is 0.259. The number of ether oxygens (including phenoxy) is 2. The number of nitrogens with one attached hydrogen (secondary N) is 3. The van der Waals surface area contributed by atoms with Gasteiger partial charge >= 0.3 is 12.1 Å². The van der Waals surface area contributed by atoms with Crippen molar-refractivity contribution >= 4 is 33.5 Å². The van der Waals surface area contributed by atoms with Gasteiger partial charge in [0.15, 0.2) is 0 Å². The van der Waals surface area contributed by atoms with Crippen molar-refractivity contribution < 1.29 is 27.5 Å². The van der Waals surface area contributed by atoms with Gasteiger partial charge in [-0.2, -0.15) is 0 Å².